The zero-order valence-electron chi connectivity index (χ0n) is 19.3. The van der Waals surface area contributed by atoms with Gasteiger partial charge in [-0.1, -0.05) is 5.16 Å². The topological polar surface area (TPSA) is 80.7 Å². The summed E-state index contributed by atoms with van der Waals surface area (Å²) in [5.41, 5.74) is 4.79. The number of benzene rings is 1. The van der Waals surface area contributed by atoms with Gasteiger partial charge in [0.25, 0.3) is 0 Å². The molecule has 3 rings (SSSR count). The lowest BCUT2D eigenvalue weighted by Gasteiger charge is -2.22. The molecule has 8 nitrogen and oxygen atoms in total. The third-order valence-corrected chi connectivity index (χ3v) is 5.13. The first-order valence-corrected chi connectivity index (χ1v) is 10.5. The minimum absolute atomic E-state index is 0.583. The lowest BCUT2D eigenvalue weighted by molar-refractivity contribution is 0.375. The maximum absolute atomic E-state index is 5.28. The van der Waals surface area contributed by atoms with Crippen molar-refractivity contribution in [2.24, 2.45) is 4.99 Å². The van der Waals surface area contributed by atoms with E-state index in [1.807, 2.05) is 19.1 Å². The SMILES string of the molecule is CCNC(=NCCc1nc(C)no1)N(C)Cc1cc(C)n(-c2ccc(OC)cc2)c1C. The maximum atomic E-state index is 5.28. The predicted molar refractivity (Wildman–Crippen MR) is 122 cm³/mol. The molecule has 2 aromatic heterocycles. The van der Waals surface area contributed by atoms with Crippen LogP contribution < -0.4 is 10.1 Å². The van der Waals surface area contributed by atoms with Crippen molar-refractivity contribution in [2.45, 2.75) is 40.7 Å². The summed E-state index contributed by atoms with van der Waals surface area (Å²) in [5.74, 6) is 2.97. The van der Waals surface area contributed by atoms with Gasteiger partial charge >= 0.3 is 0 Å². The Morgan fingerprint density at radius 3 is 2.58 bits per heavy atom. The second-order valence-corrected chi connectivity index (χ2v) is 7.51. The highest BCUT2D eigenvalue weighted by Gasteiger charge is 2.14. The third kappa shape index (κ3) is 5.45. The van der Waals surface area contributed by atoms with Crippen molar-refractivity contribution in [1.29, 1.82) is 0 Å². The minimum Gasteiger partial charge on any atom is -0.497 e. The van der Waals surface area contributed by atoms with Gasteiger partial charge in [-0.15, -0.1) is 0 Å². The molecule has 0 fully saturated rings. The average Bonchev–Trinajstić information content (AvgIpc) is 3.29. The largest absolute Gasteiger partial charge is 0.497 e. The Kier molecular flexibility index (Phi) is 7.33. The van der Waals surface area contributed by atoms with E-state index >= 15 is 0 Å². The van der Waals surface area contributed by atoms with Crippen LogP contribution in [0, 0.1) is 20.8 Å². The quantitative estimate of drug-likeness (QED) is 0.441. The normalized spacial score (nSPS) is 11.6. The highest BCUT2D eigenvalue weighted by Crippen LogP contribution is 2.23. The van der Waals surface area contributed by atoms with E-state index in [0.717, 1.165) is 30.5 Å². The van der Waals surface area contributed by atoms with Gasteiger partial charge in [0.1, 0.15) is 5.75 Å². The molecule has 0 saturated heterocycles. The van der Waals surface area contributed by atoms with E-state index in [4.69, 9.17) is 14.3 Å². The molecule has 0 atom stereocenters. The summed E-state index contributed by atoms with van der Waals surface area (Å²) in [6.45, 7) is 10.3. The summed E-state index contributed by atoms with van der Waals surface area (Å²) in [5, 5.41) is 7.19. The van der Waals surface area contributed by atoms with E-state index in [-0.39, 0.29) is 0 Å². The van der Waals surface area contributed by atoms with Crippen LogP contribution >= 0.6 is 0 Å². The number of methoxy groups -OCH3 is 1. The van der Waals surface area contributed by atoms with Crippen LogP contribution in [0.25, 0.3) is 5.69 Å². The van der Waals surface area contributed by atoms with Gasteiger partial charge in [-0.3, -0.25) is 4.99 Å². The van der Waals surface area contributed by atoms with Crippen molar-refractivity contribution in [3.63, 3.8) is 0 Å². The number of nitrogens with zero attached hydrogens (tertiary/aromatic N) is 5. The Labute approximate surface area is 183 Å². The molecule has 1 aromatic carbocycles. The van der Waals surface area contributed by atoms with Gasteiger partial charge < -0.3 is 24.0 Å². The number of guanidine groups is 1. The molecule has 1 N–H and O–H groups in total. The molecule has 0 amide bonds. The van der Waals surface area contributed by atoms with Crippen molar-refractivity contribution < 1.29 is 9.26 Å². The molecular weight excluding hydrogens is 392 g/mol. The van der Waals surface area contributed by atoms with Crippen molar-refractivity contribution in [3.05, 3.63) is 59.0 Å². The van der Waals surface area contributed by atoms with Gasteiger partial charge in [0.2, 0.25) is 5.89 Å². The Morgan fingerprint density at radius 1 is 1.23 bits per heavy atom. The van der Waals surface area contributed by atoms with E-state index in [0.29, 0.717) is 24.7 Å². The molecule has 0 saturated carbocycles. The first-order chi connectivity index (χ1) is 14.9. The highest BCUT2D eigenvalue weighted by molar-refractivity contribution is 5.79. The van der Waals surface area contributed by atoms with E-state index in [9.17, 15) is 0 Å². The number of rotatable bonds is 8. The van der Waals surface area contributed by atoms with Gasteiger partial charge in [-0.2, -0.15) is 4.98 Å². The molecule has 3 aromatic rings. The number of aromatic nitrogens is 3. The van der Waals surface area contributed by atoms with E-state index in [1.165, 1.54) is 17.0 Å². The molecule has 0 radical (unpaired) electrons. The van der Waals surface area contributed by atoms with E-state index < -0.39 is 0 Å². The molecule has 166 valence electrons. The zero-order valence-corrected chi connectivity index (χ0v) is 19.3. The second-order valence-electron chi connectivity index (χ2n) is 7.51. The lowest BCUT2D eigenvalue weighted by Crippen LogP contribution is -2.38. The fourth-order valence-corrected chi connectivity index (χ4v) is 3.62. The molecule has 31 heavy (non-hydrogen) atoms. The van der Waals surface area contributed by atoms with E-state index in [1.54, 1.807) is 7.11 Å². The average molecular weight is 425 g/mol. The van der Waals surface area contributed by atoms with Gasteiger partial charge in [-0.25, -0.2) is 0 Å². The van der Waals surface area contributed by atoms with Crippen LogP contribution in [0.4, 0.5) is 0 Å². The van der Waals surface area contributed by atoms with Crippen LogP contribution in [0.1, 0.15) is 35.6 Å². The van der Waals surface area contributed by atoms with Crippen molar-refractivity contribution >= 4 is 5.96 Å². The summed E-state index contributed by atoms with van der Waals surface area (Å²) in [4.78, 5) is 11.1. The Balaban J connectivity index is 1.73. The first kappa shape index (κ1) is 22.4. The lowest BCUT2D eigenvalue weighted by atomic mass is 10.2. The number of hydrogen-bond donors (Lipinski definition) is 1. The Bertz CT molecular complexity index is 1020. The molecule has 0 spiro atoms. The van der Waals surface area contributed by atoms with Crippen LogP contribution in [-0.4, -0.2) is 52.8 Å². The summed E-state index contributed by atoms with van der Waals surface area (Å²) < 4.78 is 12.7. The summed E-state index contributed by atoms with van der Waals surface area (Å²) >= 11 is 0. The summed E-state index contributed by atoms with van der Waals surface area (Å²) in [7, 11) is 3.74. The fourth-order valence-electron chi connectivity index (χ4n) is 3.62. The van der Waals surface area contributed by atoms with E-state index in [2.05, 4.69) is 70.9 Å². The van der Waals surface area contributed by atoms with Crippen LogP contribution in [0.2, 0.25) is 0 Å². The minimum atomic E-state index is 0.583. The third-order valence-electron chi connectivity index (χ3n) is 5.13. The molecule has 2 heterocycles. The van der Waals surface area contributed by atoms with Crippen LogP contribution in [0.3, 0.4) is 0 Å². The number of aliphatic imine (C=N–C) groups is 1. The van der Waals surface area contributed by atoms with Crippen molar-refractivity contribution in [3.8, 4) is 11.4 Å². The van der Waals surface area contributed by atoms with Gasteiger partial charge in [0.05, 0.1) is 13.7 Å². The van der Waals surface area contributed by atoms with Crippen molar-refractivity contribution in [2.75, 3.05) is 27.2 Å². The van der Waals surface area contributed by atoms with Gasteiger partial charge in [-0.05, 0) is 63.6 Å². The smallest absolute Gasteiger partial charge is 0.228 e. The molecule has 0 aliphatic carbocycles. The van der Waals surface area contributed by atoms with Crippen LogP contribution in [-0.2, 0) is 13.0 Å². The monoisotopic (exact) mass is 424 g/mol. The van der Waals surface area contributed by atoms with Crippen LogP contribution in [0.5, 0.6) is 5.75 Å². The number of aryl methyl sites for hydroxylation is 2. The number of hydrogen-bond acceptors (Lipinski definition) is 5. The Morgan fingerprint density at radius 2 is 1.97 bits per heavy atom. The molecule has 0 bridgehead atoms. The van der Waals surface area contributed by atoms with Crippen LogP contribution in [0.15, 0.2) is 39.8 Å². The molecular formula is C23H32N6O2. The van der Waals surface area contributed by atoms with Gasteiger partial charge in [0.15, 0.2) is 11.8 Å². The maximum Gasteiger partial charge on any atom is 0.228 e. The second kappa shape index (κ2) is 10.1. The first-order valence-electron chi connectivity index (χ1n) is 10.5. The summed E-state index contributed by atoms with van der Waals surface area (Å²) in [6, 6.07) is 10.4. The molecule has 0 aliphatic heterocycles. The van der Waals surface area contributed by atoms with Gasteiger partial charge in [0, 0.05) is 43.6 Å². The fraction of sp³-hybridized carbons (Fsp3) is 0.435. The highest BCUT2D eigenvalue weighted by atomic mass is 16.5. The number of nitrogens with one attached hydrogen (secondary N) is 1. The predicted octanol–water partition coefficient (Wildman–Crippen LogP) is 3.43. The van der Waals surface area contributed by atoms with Crippen molar-refractivity contribution in [1.82, 2.24) is 24.9 Å². The molecule has 8 heteroatoms. The standard InChI is InChI=1S/C23H32N6O2/c1-7-24-23(25-13-12-22-26-18(4)27-31-22)28(5)15-19-14-16(2)29(17(19)3)20-8-10-21(30-6)11-9-20/h8-11,14H,7,12-13,15H2,1-6H3,(H,24,25). The Hall–Kier alpha value is -3.29. The zero-order chi connectivity index (χ0) is 22.4. The molecule has 0 aliphatic rings. The number of ether oxygens (including phenoxy) is 1. The molecule has 0 unspecified atom stereocenters. The summed E-state index contributed by atoms with van der Waals surface area (Å²) in [6.07, 6.45) is 0.621.